The van der Waals surface area contributed by atoms with Crippen LogP contribution in [0.4, 0.5) is 0 Å². The van der Waals surface area contributed by atoms with E-state index in [1.165, 1.54) is 16.7 Å². The van der Waals surface area contributed by atoms with Crippen molar-refractivity contribution < 1.29 is 0 Å². The molecule has 0 spiro atoms. The van der Waals surface area contributed by atoms with Gasteiger partial charge in [-0.15, -0.1) is 0 Å². The van der Waals surface area contributed by atoms with Crippen molar-refractivity contribution in [1.29, 1.82) is 0 Å². The van der Waals surface area contributed by atoms with Gasteiger partial charge in [-0.25, -0.2) is 0 Å². The van der Waals surface area contributed by atoms with E-state index in [2.05, 4.69) is 45.2 Å². The number of benzene rings is 1. The molecule has 74 valence electrons. The van der Waals surface area contributed by atoms with Gasteiger partial charge in [0.25, 0.3) is 0 Å². The summed E-state index contributed by atoms with van der Waals surface area (Å²) in [7, 11) is 0. The predicted octanol–water partition coefficient (Wildman–Crippen LogP) is 4.15. The minimum absolute atomic E-state index is 1.04. The zero-order valence-corrected chi connectivity index (χ0v) is 9.35. The van der Waals surface area contributed by atoms with E-state index in [1.54, 1.807) is 0 Å². The van der Waals surface area contributed by atoms with Crippen molar-refractivity contribution in [3.8, 4) is 0 Å². The zero-order chi connectivity index (χ0) is 10.7. The molecule has 1 aromatic rings. The molecule has 0 fully saturated rings. The van der Waals surface area contributed by atoms with E-state index >= 15 is 0 Å². The Morgan fingerprint density at radius 3 is 2.43 bits per heavy atom. The van der Waals surface area contributed by atoms with E-state index in [0.717, 1.165) is 17.6 Å². The van der Waals surface area contributed by atoms with Crippen molar-refractivity contribution in [2.24, 2.45) is 0 Å². The maximum absolute atomic E-state index is 4.06. The molecular formula is C14H18. The van der Waals surface area contributed by atoms with Crippen molar-refractivity contribution in [3.63, 3.8) is 0 Å². The molecule has 0 bridgehead atoms. The minimum Gasteiger partial charge on any atom is -0.0955 e. The largest absolute Gasteiger partial charge is 0.0955 e. The maximum atomic E-state index is 4.06. The first-order valence-electron chi connectivity index (χ1n) is 5.01. The van der Waals surface area contributed by atoms with Gasteiger partial charge in [-0.05, 0) is 42.5 Å². The second kappa shape index (κ2) is 4.28. The van der Waals surface area contributed by atoms with Gasteiger partial charge in [0.2, 0.25) is 0 Å². The summed E-state index contributed by atoms with van der Waals surface area (Å²) in [5.41, 5.74) is 5.96. The SMILES string of the molecule is C=C(C)C(=C)c1cc(CC)ccc1C. The summed E-state index contributed by atoms with van der Waals surface area (Å²) in [4.78, 5) is 0. The Morgan fingerprint density at radius 1 is 1.29 bits per heavy atom. The summed E-state index contributed by atoms with van der Waals surface area (Å²) in [5, 5.41) is 0. The Morgan fingerprint density at radius 2 is 1.93 bits per heavy atom. The zero-order valence-electron chi connectivity index (χ0n) is 9.35. The summed E-state index contributed by atoms with van der Waals surface area (Å²) in [6.07, 6.45) is 1.07. The van der Waals surface area contributed by atoms with Crippen LogP contribution in [-0.2, 0) is 6.42 Å². The van der Waals surface area contributed by atoms with Crippen LogP contribution in [0.25, 0.3) is 5.57 Å². The Balaban J connectivity index is 3.19. The number of hydrogen-bond donors (Lipinski definition) is 0. The highest BCUT2D eigenvalue weighted by Gasteiger charge is 2.04. The Kier molecular flexibility index (Phi) is 3.29. The fraction of sp³-hybridized carbons (Fsp3) is 0.286. The average molecular weight is 186 g/mol. The quantitative estimate of drug-likeness (QED) is 0.622. The highest BCUT2D eigenvalue weighted by molar-refractivity contribution is 5.78. The molecule has 0 heteroatoms. The highest BCUT2D eigenvalue weighted by Crippen LogP contribution is 2.24. The average Bonchev–Trinajstić information content (AvgIpc) is 2.17. The van der Waals surface area contributed by atoms with Crippen molar-refractivity contribution in [1.82, 2.24) is 0 Å². The van der Waals surface area contributed by atoms with E-state index in [0.29, 0.717) is 0 Å². The molecule has 0 aliphatic rings. The molecule has 14 heavy (non-hydrogen) atoms. The van der Waals surface area contributed by atoms with Crippen LogP contribution in [0.2, 0.25) is 0 Å². The first kappa shape index (κ1) is 10.8. The van der Waals surface area contributed by atoms with Crippen LogP contribution in [0.1, 0.15) is 30.5 Å². The van der Waals surface area contributed by atoms with Crippen LogP contribution >= 0.6 is 0 Å². The van der Waals surface area contributed by atoms with Crippen LogP contribution in [0.5, 0.6) is 0 Å². The topological polar surface area (TPSA) is 0 Å². The van der Waals surface area contributed by atoms with Crippen molar-refractivity contribution in [2.45, 2.75) is 27.2 Å². The molecule has 0 N–H and O–H groups in total. The molecule has 0 unspecified atom stereocenters. The monoisotopic (exact) mass is 186 g/mol. The van der Waals surface area contributed by atoms with Crippen LogP contribution in [0.3, 0.4) is 0 Å². The Hall–Kier alpha value is -1.30. The van der Waals surface area contributed by atoms with E-state index < -0.39 is 0 Å². The van der Waals surface area contributed by atoms with Crippen LogP contribution in [-0.4, -0.2) is 0 Å². The lowest BCUT2D eigenvalue weighted by Gasteiger charge is -2.10. The van der Waals surface area contributed by atoms with Crippen molar-refractivity contribution in [3.05, 3.63) is 53.6 Å². The molecule has 0 aliphatic carbocycles. The number of rotatable bonds is 3. The lowest BCUT2D eigenvalue weighted by atomic mass is 9.95. The summed E-state index contributed by atoms with van der Waals surface area (Å²) in [5.74, 6) is 0. The molecule has 0 nitrogen and oxygen atoms in total. The van der Waals surface area contributed by atoms with Gasteiger partial charge in [-0.3, -0.25) is 0 Å². The molecule has 1 rings (SSSR count). The summed E-state index contributed by atoms with van der Waals surface area (Å²) in [6, 6.07) is 6.54. The summed E-state index contributed by atoms with van der Waals surface area (Å²) < 4.78 is 0. The summed E-state index contributed by atoms with van der Waals surface area (Å²) >= 11 is 0. The first-order chi connectivity index (χ1) is 6.56. The van der Waals surface area contributed by atoms with Crippen molar-refractivity contribution >= 4 is 5.57 Å². The molecule has 0 saturated heterocycles. The lowest BCUT2D eigenvalue weighted by molar-refractivity contribution is 1.13. The standard InChI is InChI=1S/C14H18/c1-6-13-8-7-11(4)14(9-13)12(5)10(2)3/h7-9H,2,5-6H2,1,3-4H3. The van der Waals surface area contributed by atoms with E-state index in [4.69, 9.17) is 0 Å². The third-order valence-corrected chi connectivity index (χ3v) is 2.55. The van der Waals surface area contributed by atoms with Crippen molar-refractivity contribution in [2.75, 3.05) is 0 Å². The van der Waals surface area contributed by atoms with Gasteiger partial charge >= 0.3 is 0 Å². The van der Waals surface area contributed by atoms with E-state index in [9.17, 15) is 0 Å². The highest BCUT2D eigenvalue weighted by atomic mass is 14.1. The second-order valence-corrected chi connectivity index (χ2v) is 3.76. The second-order valence-electron chi connectivity index (χ2n) is 3.76. The third kappa shape index (κ3) is 2.14. The van der Waals surface area contributed by atoms with Gasteiger partial charge in [0.05, 0.1) is 0 Å². The molecular weight excluding hydrogens is 168 g/mol. The van der Waals surface area contributed by atoms with Gasteiger partial charge in [0.1, 0.15) is 0 Å². The first-order valence-corrected chi connectivity index (χ1v) is 5.01. The maximum Gasteiger partial charge on any atom is -0.0155 e. The van der Waals surface area contributed by atoms with Crippen LogP contribution in [0, 0.1) is 6.92 Å². The van der Waals surface area contributed by atoms with E-state index in [-0.39, 0.29) is 0 Å². The third-order valence-electron chi connectivity index (χ3n) is 2.55. The van der Waals surface area contributed by atoms with E-state index in [1.807, 2.05) is 6.92 Å². The fourth-order valence-corrected chi connectivity index (χ4v) is 1.44. The molecule has 0 amide bonds. The molecule has 0 aromatic heterocycles. The lowest BCUT2D eigenvalue weighted by Crippen LogP contribution is -1.91. The fourth-order valence-electron chi connectivity index (χ4n) is 1.44. The predicted molar refractivity (Wildman–Crippen MR) is 64.4 cm³/mol. The number of allylic oxidation sites excluding steroid dienone is 2. The number of aryl methyl sites for hydroxylation is 2. The molecule has 0 saturated carbocycles. The molecule has 0 heterocycles. The molecule has 1 aromatic carbocycles. The molecule has 0 atom stereocenters. The Labute approximate surface area is 87.0 Å². The minimum atomic E-state index is 1.04. The smallest absolute Gasteiger partial charge is 0.0155 e. The van der Waals surface area contributed by atoms with Gasteiger partial charge in [0, 0.05) is 0 Å². The van der Waals surface area contributed by atoms with Crippen LogP contribution in [0.15, 0.2) is 36.9 Å². The Bertz CT molecular complexity index is 370. The van der Waals surface area contributed by atoms with Crippen LogP contribution < -0.4 is 0 Å². The van der Waals surface area contributed by atoms with Gasteiger partial charge in [0.15, 0.2) is 0 Å². The molecule has 0 aliphatic heterocycles. The van der Waals surface area contributed by atoms with Gasteiger partial charge < -0.3 is 0 Å². The summed E-state index contributed by atoms with van der Waals surface area (Å²) in [6.45, 7) is 14.3. The van der Waals surface area contributed by atoms with Gasteiger partial charge in [-0.1, -0.05) is 43.9 Å². The van der Waals surface area contributed by atoms with Gasteiger partial charge in [-0.2, -0.15) is 0 Å². The molecule has 0 radical (unpaired) electrons. The normalized spacial score (nSPS) is 9.93. The number of hydrogen-bond acceptors (Lipinski definition) is 0.